The van der Waals surface area contributed by atoms with Crippen molar-refractivity contribution in [3.63, 3.8) is 0 Å². The summed E-state index contributed by atoms with van der Waals surface area (Å²) in [5, 5.41) is 10.2. The van der Waals surface area contributed by atoms with Gasteiger partial charge in [0, 0.05) is 12.0 Å². The van der Waals surface area contributed by atoms with E-state index in [0.717, 1.165) is 17.5 Å². The molecule has 2 aromatic rings. The molecule has 18 heavy (non-hydrogen) atoms. The van der Waals surface area contributed by atoms with E-state index in [4.69, 9.17) is 17.3 Å². The zero-order valence-corrected chi connectivity index (χ0v) is 10.6. The lowest BCUT2D eigenvalue weighted by Gasteiger charge is -2.17. The third-order valence-corrected chi connectivity index (χ3v) is 3.89. The highest BCUT2D eigenvalue weighted by atomic mass is 35.5. The predicted molar refractivity (Wildman–Crippen MR) is 73.1 cm³/mol. The van der Waals surface area contributed by atoms with E-state index in [1.807, 2.05) is 24.3 Å². The highest BCUT2D eigenvalue weighted by molar-refractivity contribution is 6.32. The Labute approximate surface area is 111 Å². The molecule has 0 radical (unpaired) electrons. The molecule has 0 aromatic heterocycles. The van der Waals surface area contributed by atoms with Crippen molar-refractivity contribution in [2.45, 2.75) is 18.4 Å². The number of fused-ring (bicyclic) bond motifs is 1. The van der Waals surface area contributed by atoms with Gasteiger partial charge in [-0.05, 0) is 35.2 Å². The van der Waals surface area contributed by atoms with Crippen molar-refractivity contribution in [3.05, 3.63) is 64.2 Å². The minimum atomic E-state index is 0.0419. The van der Waals surface area contributed by atoms with E-state index in [1.54, 1.807) is 6.07 Å². The average molecular weight is 260 g/mol. The fourth-order valence-electron chi connectivity index (χ4n) is 2.78. The second-order valence-electron chi connectivity index (χ2n) is 4.76. The lowest BCUT2D eigenvalue weighted by Crippen LogP contribution is -2.25. The smallest absolute Gasteiger partial charge is 0.134 e. The zero-order chi connectivity index (χ0) is 12.7. The summed E-state index contributed by atoms with van der Waals surface area (Å²) in [6.07, 6.45) is 0.800. The monoisotopic (exact) mass is 259 g/mol. The van der Waals surface area contributed by atoms with Gasteiger partial charge >= 0.3 is 0 Å². The minimum absolute atomic E-state index is 0.0419. The Balaban J connectivity index is 2.12. The van der Waals surface area contributed by atoms with Crippen LogP contribution in [-0.2, 0) is 6.42 Å². The van der Waals surface area contributed by atoms with E-state index in [-0.39, 0.29) is 17.7 Å². The number of phenols is 1. The number of hydrogen-bond acceptors (Lipinski definition) is 2. The Morgan fingerprint density at radius 2 is 1.89 bits per heavy atom. The van der Waals surface area contributed by atoms with Gasteiger partial charge in [0.05, 0.1) is 5.02 Å². The maximum absolute atomic E-state index is 9.76. The Kier molecular flexibility index (Phi) is 2.77. The molecule has 0 amide bonds. The van der Waals surface area contributed by atoms with Gasteiger partial charge in [0.25, 0.3) is 0 Å². The first-order valence-corrected chi connectivity index (χ1v) is 6.36. The molecule has 0 unspecified atom stereocenters. The molecular formula is C15H14ClNO. The van der Waals surface area contributed by atoms with E-state index >= 15 is 0 Å². The normalized spacial score (nSPS) is 21.9. The molecule has 3 N–H and O–H groups in total. The first-order valence-electron chi connectivity index (χ1n) is 5.98. The molecule has 3 heteroatoms. The highest BCUT2D eigenvalue weighted by Crippen LogP contribution is 2.41. The molecule has 0 fully saturated rings. The summed E-state index contributed by atoms with van der Waals surface area (Å²) < 4.78 is 0. The molecule has 1 aliphatic carbocycles. The summed E-state index contributed by atoms with van der Waals surface area (Å²) in [5.74, 6) is 0.273. The molecule has 3 rings (SSSR count). The van der Waals surface area contributed by atoms with E-state index in [0.29, 0.717) is 5.02 Å². The van der Waals surface area contributed by atoms with E-state index in [2.05, 4.69) is 12.1 Å². The van der Waals surface area contributed by atoms with Gasteiger partial charge in [-0.2, -0.15) is 0 Å². The van der Waals surface area contributed by atoms with Crippen LogP contribution in [0.15, 0.2) is 42.5 Å². The Morgan fingerprint density at radius 3 is 2.61 bits per heavy atom. The number of benzene rings is 2. The molecule has 1 aliphatic rings. The summed E-state index contributed by atoms with van der Waals surface area (Å²) in [4.78, 5) is 0. The first kappa shape index (κ1) is 11.6. The van der Waals surface area contributed by atoms with Crippen LogP contribution in [0.3, 0.4) is 0 Å². The maximum Gasteiger partial charge on any atom is 0.134 e. The van der Waals surface area contributed by atoms with Crippen LogP contribution in [0.25, 0.3) is 0 Å². The number of hydrogen-bond donors (Lipinski definition) is 2. The Morgan fingerprint density at radius 1 is 1.17 bits per heavy atom. The quantitative estimate of drug-likeness (QED) is 0.827. The molecule has 2 aromatic carbocycles. The maximum atomic E-state index is 9.76. The van der Waals surface area contributed by atoms with Crippen LogP contribution >= 0.6 is 11.6 Å². The van der Waals surface area contributed by atoms with Crippen molar-refractivity contribution < 1.29 is 5.11 Å². The second-order valence-corrected chi connectivity index (χ2v) is 5.17. The molecule has 0 heterocycles. The molecule has 2 atom stereocenters. The third-order valence-electron chi connectivity index (χ3n) is 3.59. The summed E-state index contributed by atoms with van der Waals surface area (Å²) in [6.45, 7) is 0. The van der Waals surface area contributed by atoms with E-state index in [1.165, 1.54) is 5.56 Å². The summed E-state index contributed by atoms with van der Waals surface area (Å²) >= 11 is 5.94. The van der Waals surface area contributed by atoms with Crippen molar-refractivity contribution in [2.24, 2.45) is 5.73 Å². The predicted octanol–water partition coefficient (Wildman–Crippen LogP) is 3.06. The van der Waals surface area contributed by atoms with Crippen molar-refractivity contribution in [1.82, 2.24) is 0 Å². The van der Waals surface area contributed by atoms with Gasteiger partial charge in [-0.25, -0.2) is 0 Å². The van der Waals surface area contributed by atoms with Crippen molar-refractivity contribution >= 4 is 11.6 Å². The van der Waals surface area contributed by atoms with Gasteiger partial charge in [0.15, 0.2) is 0 Å². The summed E-state index contributed by atoms with van der Waals surface area (Å²) in [6, 6.07) is 13.8. The van der Waals surface area contributed by atoms with Crippen LogP contribution in [0.4, 0.5) is 0 Å². The molecule has 92 valence electrons. The third kappa shape index (κ3) is 1.78. The Bertz CT molecular complexity index is 583. The van der Waals surface area contributed by atoms with Crippen LogP contribution in [0.5, 0.6) is 5.75 Å². The summed E-state index contributed by atoms with van der Waals surface area (Å²) in [5.41, 5.74) is 9.65. The lowest BCUT2D eigenvalue weighted by atomic mass is 9.90. The SMILES string of the molecule is N[C@@H]1Cc2cc(Cl)c(O)cc2[C@H]1c1ccccc1. The zero-order valence-electron chi connectivity index (χ0n) is 9.81. The average Bonchev–Trinajstić information content (AvgIpc) is 2.66. The van der Waals surface area contributed by atoms with Crippen LogP contribution in [0.1, 0.15) is 22.6 Å². The number of rotatable bonds is 1. The standard InChI is InChI=1S/C15H14ClNO/c16-12-6-10-7-13(17)15(11(10)8-14(12)18)9-4-2-1-3-5-9/h1-6,8,13,15,18H,7,17H2/t13-,15-/m1/s1. The van der Waals surface area contributed by atoms with Gasteiger partial charge in [-0.1, -0.05) is 41.9 Å². The molecule has 0 bridgehead atoms. The van der Waals surface area contributed by atoms with E-state index < -0.39 is 0 Å². The van der Waals surface area contributed by atoms with Crippen LogP contribution < -0.4 is 5.73 Å². The van der Waals surface area contributed by atoms with Crippen molar-refractivity contribution in [1.29, 1.82) is 0 Å². The topological polar surface area (TPSA) is 46.2 Å². The van der Waals surface area contributed by atoms with Crippen LogP contribution in [0.2, 0.25) is 5.02 Å². The van der Waals surface area contributed by atoms with Gasteiger partial charge in [-0.15, -0.1) is 0 Å². The first-order chi connectivity index (χ1) is 8.66. The van der Waals surface area contributed by atoms with Gasteiger partial charge in [0.1, 0.15) is 5.75 Å². The van der Waals surface area contributed by atoms with Crippen LogP contribution in [-0.4, -0.2) is 11.1 Å². The van der Waals surface area contributed by atoms with Crippen LogP contribution in [0, 0.1) is 0 Å². The van der Waals surface area contributed by atoms with Crippen molar-refractivity contribution in [3.8, 4) is 5.75 Å². The lowest BCUT2D eigenvalue weighted by molar-refractivity contribution is 0.474. The second kappa shape index (κ2) is 4.30. The molecule has 0 aliphatic heterocycles. The molecule has 0 spiro atoms. The molecule has 0 saturated heterocycles. The number of phenolic OH excluding ortho intramolecular Hbond substituents is 1. The number of aromatic hydroxyl groups is 1. The molecule has 0 saturated carbocycles. The van der Waals surface area contributed by atoms with Gasteiger partial charge in [-0.3, -0.25) is 0 Å². The van der Waals surface area contributed by atoms with Gasteiger partial charge < -0.3 is 10.8 Å². The number of halogens is 1. The van der Waals surface area contributed by atoms with Crippen molar-refractivity contribution in [2.75, 3.05) is 0 Å². The fraction of sp³-hybridized carbons (Fsp3) is 0.200. The van der Waals surface area contributed by atoms with Gasteiger partial charge in [0.2, 0.25) is 0 Å². The van der Waals surface area contributed by atoms with E-state index in [9.17, 15) is 5.11 Å². The highest BCUT2D eigenvalue weighted by Gasteiger charge is 2.31. The molecule has 2 nitrogen and oxygen atoms in total. The molecular weight excluding hydrogens is 246 g/mol. The fourth-order valence-corrected chi connectivity index (χ4v) is 2.96. The number of nitrogens with two attached hydrogens (primary N) is 1. The largest absolute Gasteiger partial charge is 0.506 e. The Hall–Kier alpha value is -1.51. The minimum Gasteiger partial charge on any atom is -0.506 e. The summed E-state index contributed by atoms with van der Waals surface area (Å²) in [7, 11) is 0.